The van der Waals surface area contributed by atoms with Crippen molar-refractivity contribution in [1.29, 1.82) is 0 Å². The van der Waals surface area contributed by atoms with E-state index in [0.29, 0.717) is 5.92 Å². The average Bonchev–Trinajstić information content (AvgIpc) is 2.67. The van der Waals surface area contributed by atoms with Crippen LogP contribution in [-0.4, -0.2) is 6.54 Å². The molecule has 1 unspecified atom stereocenters. The van der Waals surface area contributed by atoms with Crippen molar-refractivity contribution in [2.75, 3.05) is 6.54 Å². The van der Waals surface area contributed by atoms with Crippen molar-refractivity contribution in [3.63, 3.8) is 0 Å². The molecule has 16 heavy (non-hydrogen) atoms. The Morgan fingerprint density at radius 3 is 2.69 bits per heavy atom. The minimum Gasteiger partial charge on any atom is -0.307 e. The second-order valence-electron chi connectivity index (χ2n) is 5.19. The van der Waals surface area contributed by atoms with Crippen LogP contribution >= 0.6 is 0 Å². The summed E-state index contributed by atoms with van der Waals surface area (Å²) in [4.78, 5) is 0. The molecule has 0 saturated carbocycles. The van der Waals surface area contributed by atoms with E-state index in [9.17, 15) is 4.39 Å². The lowest BCUT2D eigenvalue weighted by Gasteiger charge is -2.32. The smallest absolute Gasteiger partial charge is 0.128 e. The molecule has 2 heteroatoms. The maximum Gasteiger partial charge on any atom is 0.128 e. The molecule has 0 aromatic heterocycles. The van der Waals surface area contributed by atoms with Crippen molar-refractivity contribution in [2.45, 2.75) is 38.6 Å². The summed E-state index contributed by atoms with van der Waals surface area (Å²) in [6.07, 6.45) is 3.20. The van der Waals surface area contributed by atoms with Crippen LogP contribution in [0.1, 0.15) is 38.7 Å². The van der Waals surface area contributed by atoms with Crippen molar-refractivity contribution >= 4 is 0 Å². The first-order valence-corrected chi connectivity index (χ1v) is 6.14. The lowest BCUT2D eigenvalue weighted by molar-refractivity contribution is 0.300. The van der Waals surface area contributed by atoms with Gasteiger partial charge in [0.1, 0.15) is 5.82 Å². The van der Waals surface area contributed by atoms with Gasteiger partial charge in [0.15, 0.2) is 0 Å². The molecule has 0 aliphatic carbocycles. The second kappa shape index (κ2) is 4.54. The van der Waals surface area contributed by atoms with E-state index in [1.54, 1.807) is 12.1 Å². The van der Waals surface area contributed by atoms with Crippen LogP contribution in [0.15, 0.2) is 24.3 Å². The number of rotatable bonds is 3. The van der Waals surface area contributed by atoms with Gasteiger partial charge in [-0.15, -0.1) is 0 Å². The first kappa shape index (κ1) is 11.6. The van der Waals surface area contributed by atoms with Crippen molar-refractivity contribution in [1.82, 2.24) is 5.32 Å². The zero-order valence-corrected chi connectivity index (χ0v) is 10.1. The Labute approximate surface area is 97.1 Å². The van der Waals surface area contributed by atoms with Crippen LogP contribution in [0, 0.1) is 11.7 Å². The van der Waals surface area contributed by atoms with Crippen LogP contribution in [0.5, 0.6) is 0 Å². The minimum absolute atomic E-state index is 0.0717. The highest BCUT2D eigenvalue weighted by atomic mass is 19.1. The van der Waals surface area contributed by atoms with E-state index in [1.165, 1.54) is 0 Å². The van der Waals surface area contributed by atoms with Gasteiger partial charge in [0, 0.05) is 11.1 Å². The van der Waals surface area contributed by atoms with Crippen LogP contribution in [0.2, 0.25) is 0 Å². The van der Waals surface area contributed by atoms with Gasteiger partial charge in [-0.2, -0.15) is 0 Å². The summed E-state index contributed by atoms with van der Waals surface area (Å²) in [7, 11) is 0. The van der Waals surface area contributed by atoms with Crippen LogP contribution in [0.25, 0.3) is 0 Å². The largest absolute Gasteiger partial charge is 0.307 e. The van der Waals surface area contributed by atoms with Gasteiger partial charge >= 0.3 is 0 Å². The third-order valence-electron chi connectivity index (χ3n) is 3.39. The van der Waals surface area contributed by atoms with Gasteiger partial charge in [0.2, 0.25) is 0 Å². The Morgan fingerprint density at radius 1 is 1.38 bits per heavy atom. The quantitative estimate of drug-likeness (QED) is 0.824. The van der Waals surface area contributed by atoms with Crippen molar-refractivity contribution < 1.29 is 4.39 Å². The molecule has 1 aliphatic rings. The molecule has 1 nitrogen and oxygen atoms in total. The Kier molecular flexibility index (Phi) is 3.29. The number of hydrogen-bond donors (Lipinski definition) is 1. The molecule has 1 atom stereocenters. The van der Waals surface area contributed by atoms with Gasteiger partial charge in [-0.05, 0) is 37.8 Å². The first-order chi connectivity index (χ1) is 7.64. The van der Waals surface area contributed by atoms with Crippen molar-refractivity contribution in [2.24, 2.45) is 5.92 Å². The van der Waals surface area contributed by atoms with Crippen molar-refractivity contribution in [3.8, 4) is 0 Å². The predicted octanol–water partition coefficient (Wildman–Crippen LogP) is 3.45. The highest BCUT2D eigenvalue weighted by molar-refractivity contribution is 5.27. The molecule has 88 valence electrons. The maximum atomic E-state index is 13.9. The van der Waals surface area contributed by atoms with E-state index in [0.717, 1.165) is 31.4 Å². The second-order valence-corrected chi connectivity index (χ2v) is 5.19. The van der Waals surface area contributed by atoms with E-state index >= 15 is 0 Å². The molecule has 0 spiro atoms. The minimum atomic E-state index is -0.125. The van der Waals surface area contributed by atoms with Gasteiger partial charge in [-0.25, -0.2) is 4.39 Å². The molecule has 1 saturated heterocycles. The Bertz CT molecular complexity index is 354. The van der Waals surface area contributed by atoms with E-state index < -0.39 is 0 Å². The molecule has 2 rings (SSSR count). The molecule has 0 amide bonds. The number of benzene rings is 1. The van der Waals surface area contributed by atoms with Gasteiger partial charge in [-0.1, -0.05) is 32.0 Å². The van der Waals surface area contributed by atoms with Crippen LogP contribution < -0.4 is 5.32 Å². The molecule has 1 fully saturated rings. The SMILES string of the molecule is CC(C)CC1(c2ccccc2F)CCCN1. The Balaban J connectivity index is 2.36. The van der Waals surface area contributed by atoms with E-state index in [1.807, 2.05) is 12.1 Å². The van der Waals surface area contributed by atoms with Gasteiger partial charge < -0.3 is 5.32 Å². The topological polar surface area (TPSA) is 12.0 Å². The van der Waals surface area contributed by atoms with E-state index in [2.05, 4.69) is 19.2 Å². The summed E-state index contributed by atoms with van der Waals surface area (Å²) in [5.41, 5.74) is 0.723. The van der Waals surface area contributed by atoms with E-state index in [4.69, 9.17) is 0 Å². The monoisotopic (exact) mass is 221 g/mol. The maximum absolute atomic E-state index is 13.9. The number of nitrogens with one attached hydrogen (secondary N) is 1. The van der Waals surface area contributed by atoms with Crippen LogP contribution in [-0.2, 0) is 5.54 Å². The lowest BCUT2D eigenvalue weighted by atomic mass is 9.81. The Hall–Kier alpha value is -0.890. The fourth-order valence-corrected chi connectivity index (χ4v) is 2.87. The summed E-state index contributed by atoms with van der Waals surface area (Å²) < 4.78 is 13.9. The summed E-state index contributed by atoms with van der Waals surface area (Å²) >= 11 is 0. The molecule has 1 heterocycles. The first-order valence-electron chi connectivity index (χ1n) is 6.14. The highest BCUT2D eigenvalue weighted by Gasteiger charge is 2.37. The van der Waals surface area contributed by atoms with Crippen LogP contribution in [0.3, 0.4) is 0 Å². The number of halogens is 1. The normalized spacial score (nSPS) is 25.2. The van der Waals surface area contributed by atoms with Gasteiger partial charge in [0.25, 0.3) is 0 Å². The molecule has 0 radical (unpaired) electrons. The predicted molar refractivity (Wildman–Crippen MR) is 64.8 cm³/mol. The van der Waals surface area contributed by atoms with Gasteiger partial charge in [-0.3, -0.25) is 0 Å². The molecule has 0 bridgehead atoms. The lowest BCUT2D eigenvalue weighted by Crippen LogP contribution is -2.38. The van der Waals surface area contributed by atoms with Crippen molar-refractivity contribution in [3.05, 3.63) is 35.6 Å². The third-order valence-corrected chi connectivity index (χ3v) is 3.39. The zero-order chi connectivity index (χ0) is 11.6. The summed E-state index contributed by atoms with van der Waals surface area (Å²) in [5.74, 6) is 0.503. The number of hydrogen-bond acceptors (Lipinski definition) is 1. The van der Waals surface area contributed by atoms with E-state index in [-0.39, 0.29) is 11.4 Å². The summed E-state index contributed by atoms with van der Waals surface area (Å²) in [6, 6.07) is 7.19. The molecule has 1 aliphatic heterocycles. The molecule has 1 aromatic rings. The average molecular weight is 221 g/mol. The molecule has 1 N–H and O–H groups in total. The fraction of sp³-hybridized carbons (Fsp3) is 0.571. The third kappa shape index (κ3) is 2.12. The molecular formula is C14H20FN. The molecular weight excluding hydrogens is 201 g/mol. The summed E-state index contributed by atoms with van der Waals surface area (Å²) in [5, 5.41) is 3.52. The summed E-state index contributed by atoms with van der Waals surface area (Å²) in [6.45, 7) is 5.40. The highest BCUT2D eigenvalue weighted by Crippen LogP contribution is 2.37. The Morgan fingerprint density at radius 2 is 2.12 bits per heavy atom. The van der Waals surface area contributed by atoms with Gasteiger partial charge in [0.05, 0.1) is 0 Å². The zero-order valence-electron chi connectivity index (χ0n) is 10.1. The fourth-order valence-electron chi connectivity index (χ4n) is 2.87. The molecule has 1 aromatic carbocycles. The standard InChI is InChI=1S/C14H20FN/c1-11(2)10-14(8-5-9-16-14)12-6-3-4-7-13(12)15/h3-4,6-7,11,16H,5,8-10H2,1-2H3. The van der Waals surface area contributed by atoms with Crippen LogP contribution in [0.4, 0.5) is 4.39 Å².